The lowest BCUT2D eigenvalue weighted by Crippen LogP contribution is -2.32. The maximum absolute atomic E-state index is 12.4. The molecule has 0 saturated carbocycles. The van der Waals surface area contributed by atoms with Gasteiger partial charge in [-0.1, -0.05) is 49.7 Å². The Kier molecular flexibility index (Phi) is 6.02. The number of fused-ring (bicyclic) bond motifs is 3. The fourth-order valence-electron chi connectivity index (χ4n) is 3.83. The topological polar surface area (TPSA) is 97.9 Å². The van der Waals surface area contributed by atoms with Gasteiger partial charge in [0.2, 0.25) is 0 Å². The number of nitrogens with one attached hydrogen (secondary N) is 2. The van der Waals surface area contributed by atoms with Crippen molar-refractivity contribution >= 4 is 39.5 Å². The van der Waals surface area contributed by atoms with Crippen molar-refractivity contribution in [2.75, 3.05) is 17.6 Å². The van der Waals surface area contributed by atoms with Gasteiger partial charge < -0.3 is 20.9 Å². The van der Waals surface area contributed by atoms with Gasteiger partial charge in [0, 0.05) is 30.6 Å². The molecule has 7 heteroatoms. The number of hydrogen-bond acceptors (Lipinski definition) is 4. The number of benzene rings is 2. The van der Waals surface area contributed by atoms with Gasteiger partial charge in [-0.05, 0) is 31.0 Å². The minimum Gasteiger partial charge on any atom is -0.382 e. The lowest BCUT2D eigenvalue weighted by atomic mass is 10.2. The number of pyridine rings is 1. The molecule has 0 fully saturated rings. The van der Waals surface area contributed by atoms with Gasteiger partial charge in [0.05, 0.1) is 11.0 Å². The molecule has 0 atom stereocenters. The highest BCUT2D eigenvalue weighted by Gasteiger charge is 2.17. The molecule has 0 aliphatic heterocycles. The van der Waals surface area contributed by atoms with Crippen LogP contribution >= 0.6 is 0 Å². The van der Waals surface area contributed by atoms with Crippen LogP contribution in [0.15, 0.2) is 48.5 Å². The van der Waals surface area contributed by atoms with Gasteiger partial charge >= 0.3 is 6.03 Å². The minimum atomic E-state index is -0.222. The van der Waals surface area contributed by atoms with Crippen LogP contribution in [0.4, 0.5) is 16.3 Å². The Morgan fingerprint density at radius 1 is 1.10 bits per heavy atom. The predicted octanol–water partition coefficient (Wildman–Crippen LogP) is 4.64. The van der Waals surface area contributed by atoms with Crippen LogP contribution in [0.25, 0.3) is 21.9 Å². The van der Waals surface area contributed by atoms with Crippen molar-refractivity contribution in [3.8, 4) is 0 Å². The molecule has 2 amide bonds. The van der Waals surface area contributed by atoms with Crippen molar-refractivity contribution in [1.82, 2.24) is 19.9 Å². The van der Waals surface area contributed by atoms with Crippen LogP contribution in [-0.4, -0.2) is 27.1 Å². The van der Waals surface area contributed by atoms with Crippen LogP contribution in [0.2, 0.25) is 0 Å². The van der Waals surface area contributed by atoms with Crippen LogP contribution in [0.1, 0.15) is 31.2 Å². The summed E-state index contributed by atoms with van der Waals surface area (Å²) in [6.45, 7) is 5.20. The number of aromatic nitrogens is 3. The predicted molar refractivity (Wildman–Crippen MR) is 126 cm³/mol. The van der Waals surface area contributed by atoms with E-state index in [9.17, 15) is 4.79 Å². The summed E-state index contributed by atoms with van der Waals surface area (Å²) >= 11 is 0. The first-order valence-electron chi connectivity index (χ1n) is 10.7. The van der Waals surface area contributed by atoms with E-state index in [0.717, 1.165) is 58.3 Å². The fourth-order valence-corrected chi connectivity index (χ4v) is 3.83. The highest BCUT2D eigenvalue weighted by Crippen LogP contribution is 2.29. The van der Waals surface area contributed by atoms with Crippen LogP contribution in [0.3, 0.4) is 0 Å². The van der Waals surface area contributed by atoms with Gasteiger partial charge in [-0.2, -0.15) is 0 Å². The number of para-hydroxylation sites is 2. The fraction of sp³-hybridized carbons (Fsp3) is 0.292. The molecule has 0 aliphatic carbocycles. The third kappa shape index (κ3) is 4.30. The molecule has 0 radical (unpaired) electrons. The van der Waals surface area contributed by atoms with Gasteiger partial charge in [-0.3, -0.25) is 0 Å². The molecular weight excluding hydrogens is 388 g/mol. The Bertz CT molecular complexity index is 1230. The van der Waals surface area contributed by atoms with Gasteiger partial charge in [-0.15, -0.1) is 0 Å². The average Bonchev–Trinajstić information content (AvgIpc) is 3.13. The number of urea groups is 1. The number of carbonyl (C=O) groups excluding carboxylic acids is 1. The van der Waals surface area contributed by atoms with Crippen molar-refractivity contribution in [1.29, 1.82) is 0 Å². The van der Waals surface area contributed by atoms with Crippen LogP contribution in [0, 0.1) is 6.92 Å². The number of amides is 2. The van der Waals surface area contributed by atoms with Crippen molar-refractivity contribution in [2.45, 2.75) is 39.7 Å². The van der Waals surface area contributed by atoms with Gasteiger partial charge in [0.25, 0.3) is 0 Å². The third-order valence-corrected chi connectivity index (χ3v) is 5.46. The van der Waals surface area contributed by atoms with Gasteiger partial charge in [0.15, 0.2) is 5.82 Å². The smallest absolute Gasteiger partial charge is 0.319 e. The number of unbranched alkanes of at least 4 members (excludes halogenated alkanes) is 1. The molecule has 0 bridgehead atoms. The number of rotatable bonds is 7. The number of anilines is 2. The highest BCUT2D eigenvalue weighted by atomic mass is 16.2. The quantitative estimate of drug-likeness (QED) is 0.409. The summed E-state index contributed by atoms with van der Waals surface area (Å²) in [5.74, 6) is 1.42. The molecule has 31 heavy (non-hydrogen) atoms. The summed E-state index contributed by atoms with van der Waals surface area (Å²) in [5.41, 5.74) is 10.6. The zero-order valence-electron chi connectivity index (χ0n) is 18.0. The highest BCUT2D eigenvalue weighted by molar-refractivity contribution is 6.06. The molecule has 0 unspecified atom stereocenters. The van der Waals surface area contributed by atoms with Crippen molar-refractivity contribution in [3.63, 3.8) is 0 Å². The van der Waals surface area contributed by atoms with E-state index >= 15 is 0 Å². The first kappa shape index (κ1) is 20.7. The summed E-state index contributed by atoms with van der Waals surface area (Å²) in [6.07, 6.45) is 2.97. The Hall–Kier alpha value is -3.61. The van der Waals surface area contributed by atoms with Gasteiger partial charge in [-0.25, -0.2) is 14.8 Å². The van der Waals surface area contributed by atoms with Crippen LogP contribution < -0.4 is 16.4 Å². The summed E-state index contributed by atoms with van der Waals surface area (Å²) < 4.78 is 2.18. The Morgan fingerprint density at radius 2 is 1.87 bits per heavy atom. The van der Waals surface area contributed by atoms with E-state index in [4.69, 9.17) is 10.7 Å². The summed E-state index contributed by atoms with van der Waals surface area (Å²) in [7, 11) is 0. The Labute approximate surface area is 181 Å². The zero-order valence-corrected chi connectivity index (χ0v) is 18.0. The molecule has 2 heterocycles. The molecule has 0 aliphatic rings. The first-order chi connectivity index (χ1) is 15.1. The number of hydrogen-bond donors (Lipinski definition) is 3. The van der Waals surface area contributed by atoms with E-state index in [-0.39, 0.29) is 6.03 Å². The zero-order chi connectivity index (χ0) is 21.8. The second kappa shape index (κ2) is 9.04. The number of nitrogens with zero attached hydrogens (tertiary/aromatic N) is 3. The van der Waals surface area contributed by atoms with E-state index in [1.54, 1.807) is 0 Å². The third-order valence-electron chi connectivity index (χ3n) is 5.46. The van der Waals surface area contributed by atoms with E-state index < -0.39 is 0 Å². The van der Waals surface area contributed by atoms with E-state index in [0.29, 0.717) is 18.9 Å². The Morgan fingerprint density at radius 3 is 2.68 bits per heavy atom. The molecule has 4 N–H and O–H groups in total. The summed E-state index contributed by atoms with van der Waals surface area (Å²) in [5, 5.41) is 6.89. The van der Waals surface area contributed by atoms with Crippen molar-refractivity contribution in [2.24, 2.45) is 0 Å². The second-order valence-corrected chi connectivity index (χ2v) is 7.69. The first-order valence-corrected chi connectivity index (χ1v) is 10.7. The second-order valence-electron chi connectivity index (χ2n) is 7.69. The number of carbonyl (C=O) groups is 1. The molecule has 4 aromatic rings. The lowest BCUT2D eigenvalue weighted by molar-refractivity contribution is 0.251. The lowest BCUT2D eigenvalue weighted by Gasteiger charge is -2.13. The number of aryl methyl sites for hydroxylation is 2. The largest absolute Gasteiger partial charge is 0.382 e. The Balaban J connectivity index is 1.59. The van der Waals surface area contributed by atoms with E-state index in [2.05, 4.69) is 27.1 Å². The normalized spacial score (nSPS) is 11.2. The number of nitrogen functional groups attached to an aromatic ring is 1. The molecule has 4 rings (SSSR count). The van der Waals surface area contributed by atoms with E-state index in [1.165, 1.54) is 0 Å². The number of imidazole rings is 1. The van der Waals surface area contributed by atoms with Crippen LogP contribution in [-0.2, 0) is 13.0 Å². The maximum atomic E-state index is 12.4. The molecule has 2 aromatic heterocycles. The van der Waals surface area contributed by atoms with Crippen LogP contribution in [0.5, 0.6) is 0 Å². The monoisotopic (exact) mass is 416 g/mol. The standard InChI is InChI=1S/C24H28N6O/c1-3-4-13-20-29-21-22(17-10-6-8-12-19(17)27-23(21)25)30(20)15-14-26-24(31)28-18-11-7-5-9-16(18)2/h5-12H,3-4,13-15H2,1-2H3,(H2,25,27)(H2,26,28,31). The molecule has 160 valence electrons. The minimum absolute atomic E-state index is 0.222. The number of nitrogens with two attached hydrogens (primary N) is 1. The van der Waals surface area contributed by atoms with Gasteiger partial charge in [0.1, 0.15) is 11.3 Å². The summed E-state index contributed by atoms with van der Waals surface area (Å²) in [4.78, 5) is 21.8. The van der Waals surface area contributed by atoms with Crippen molar-refractivity contribution in [3.05, 3.63) is 59.9 Å². The van der Waals surface area contributed by atoms with E-state index in [1.807, 2.05) is 55.5 Å². The molecular formula is C24H28N6O. The molecule has 7 nitrogen and oxygen atoms in total. The maximum Gasteiger partial charge on any atom is 0.319 e. The average molecular weight is 417 g/mol. The molecule has 0 saturated heterocycles. The SMILES string of the molecule is CCCCc1nc2c(N)nc3ccccc3c2n1CCNC(=O)Nc1ccccc1C. The summed E-state index contributed by atoms with van der Waals surface area (Å²) in [6, 6.07) is 15.5. The molecule has 0 spiro atoms. The molecule has 2 aromatic carbocycles. The van der Waals surface area contributed by atoms with Crippen molar-refractivity contribution < 1.29 is 4.79 Å².